The highest BCUT2D eigenvalue weighted by Crippen LogP contribution is 2.19. The van der Waals surface area contributed by atoms with Crippen molar-refractivity contribution in [3.63, 3.8) is 0 Å². The molecule has 72 valence electrons. The molecule has 0 unspecified atom stereocenters. The number of phenolic OH excluding ortho intramolecular Hbond substituents is 1. The Bertz CT molecular complexity index is 402. The lowest BCUT2D eigenvalue weighted by atomic mass is 10.3. The molecule has 0 aliphatic rings. The predicted octanol–water partition coefficient (Wildman–Crippen LogP) is 0.0319. The van der Waals surface area contributed by atoms with E-state index in [1.807, 2.05) is 0 Å². The lowest BCUT2D eigenvalue weighted by Gasteiger charge is -2.15. The number of phenols is 1. The van der Waals surface area contributed by atoms with E-state index < -0.39 is 10.2 Å². The van der Waals surface area contributed by atoms with Gasteiger partial charge in [0.1, 0.15) is 5.75 Å². The number of nitrogens with two attached hydrogens (primary N) is 1. The largest absolute Gasteiger partial charge is 0.508 e. The summed E-state index contributed by atoms with van der Waals surface area (Å²) < 4.78 is 22.6. The van der Waals surface area contributed by atoms with Gasteiger partial charge >= 0.3 is 0 Å². The molecule has 0 bridgehead atoms. The van der Waals surface area contributed by atoms with Crippen LogP contribution in [0.25, 0.3) is 0 Å². The average molecular weight is 202 g/mol. The molecule has 6 heteroatoms. The molecule has 0 radical (unpaired) electrons. The molecular weight excluding hydrogens is 192 g/mol. The van der Waals surface area contributed by atoms with Crippen LogP contribution < -0.4 is 9.44 Å². The summed E-state index contributed by atoms with van der Waals surface area (Å²) in [6, 6.07) is 5.82. The van der Waals surface area contributed by atoms with Gasteiger partial charge in [0.05, 0.1) is 5.69 Å². The molecule has 0 aromatic heterocycles. The molecule has 0 amide bonds. The lowest BCUT2D eigenvalue weighted by Crippen LogP contribution is -2.32. The van der Waals surface area contributed by atoms with Crippen LogP contribution in [0.4, 0.5) is 5.69 Å². The van der Waals surface area contributed by atoms with Crippen molar-refractivity contribution in [2.45, 2.75) is 0 Å². The maximum absolute atomic E-state index is 10.9. The van der Waals surface area contributed by atoms with E-state index in [1.165, 1.54) is 31.3 Å². The minimum atomic E-state index is -3.75. The third kappa shape index (κ3) is 2.33. The van der Waals surface area contributed by atoms with Crippen molar-refractivity contribution in [3.05, 3.63) is 24.3 Å². The average Bonchev–Trinajstić information content (AvgIpc) is 2.01. The van der Waals surface area contributed by atoms with Crippen LogP contribution in [0.1, 0.15) is 0 Å². The van der Waals surface area contributed by atoms with Crippen molar-refractivity contribution in [3.8, 4) is 5.75 Å². The number of rotatable bonds is 2. The summed E-state index contributed by atoms with van der Waals surface area (Å²) in [6.45, 7) is 0. The zero-order valence-electron chi connectivity index (χ0n) is 7.01. The van der Waals surface area contributed by atoms with E-state index in [9.17, 15) is 8.42 Å². The van der Waals surface area contributed by atoms with Crippen LogP contribution in [0.5, 0.6) is 5.75 Å². The topological polar surface area (TPSA) is 83.6 Å². The molecule has 0 saturated carbocycles. The van der Waals surface area contributed by atoms with Crippen molar-refractivity contribution in [1.82, 2.24) is 0 Å². The first-order valence-electron chi connectivity index (χ1n) is 3.47. The normalized spacial score (nSPS) is 11.2. The fraction of sp³-hybridized carbons (Fsp3) is 0.143. The van der Waals surface area contributed by atoms with Crippen molar-refractivity contribution >= 4 is 15.9 Å². The second-order valence-electron chi connectivity index (χ2n) is 2.53. The molecule has 1 aromatic rings. The molecule has 0 fully saturated rings. The summed E-state index contributed by atoms with van der Waals surface area (Å²) in [5.41, 5.74) is 0.322. The molecule has 5 nitrogen and oxygen atoms in total. The Balaban J connectivity index is 3.10. The van der Waals surface area contributed by atoms with E-state index in [0.29, 0.717) is 5.69 Å². The first kappa shape index (κ1) is 9.82. The van der Waals surface area contributed by atoms with Crippen LogP contribution in [0.15, 0.2) is 24.3 Å². The molecule has 0 atom stereocenters. The zero-order valence-corrected chi connectivity index (χ0v) is 7.82. The highest BCUT2D eigenvalue weighted by molar-refractivity contribution is 7.90. The van der Waals surface area contributed by atoms with Gasteiger partial charge in [-0.25, -0.2) is 5.14 Å². The summed E-state index contributed by atoms with van der Waals surface area (Å²) in [5.74, 6) is -0.00648. The molecule has 0 aliphatic carbocycles. The smallest absolute Gasteiger partial charge is 0.298 e. The number of hydrogen-bond acceptors (Lipinski definition) is 3. The Labute approximate surface area is 76.6 Å². The third-order valence-electron chi connectivity index (χ3n) is 1.58. The van der Waals surface area contributed by atoms with Crippen LogP contribution in [0.3, 0.4) is 0 Å². The van der Waals surface area contributed by atoms with Gasteiger partial charge < -0.3 is 5.11 Å². The Morgan fingerprint density at radius 3 is 2.54 bits per heavy atom. The van der Waals surface area contributed by atoms with Gasteiger partial charge in [-0.2, -0.15) is 8.42 Å². The fourth-order valence-corrected chi connectivity index (χ4v) is 1.24. The minimum Gasteiger partial charge on any atom is -0.508 e. The van der Waals surface area contributed by atoms with E-state index in [4.69, 9.17) is 10.2 Å². The number of benzene rings is 1. The standard InChI is InChI=1S/C7H10N2O3S/c1-9(13(8,11)12)6-3-2-4-7(10)5-6/h2-5,10H,1H3,(H2,8,11,12). The molecule has 0 saturated heterocycles. The van der Waals surface area contributed by atoms with Crippen LogP contribution >= 0.6 is 0 Å². The quantitative estimate of drug-likeness (QED) is 0.709. The number of nitrogens with zero attached hydrogens (tertiary/aromatic N) is 1. The van der Waals surface area contributed by atoms with Crippen LogP contribution in [0, 0.1) is 0 Å². The highest BCUT2D eigenvalue weighted by Gasteiger charge is 2.11. The summed E-state index contributed by atoms with van der Waals surface area (Å²) in [5, 5.41) is 13.9. The Kier molecular flexibility index (Phi) is 2.44. The maximum atomic E-state index is 10.9. The van der Waals surface area contributed by atoms with Crippen LogP contribution in [0.2, 0.25) is 0 Å². The van der Waals surface area contributed by atoms with Gasteiger partial charge in [0, 0.05) is 13.1 Å². The van der Waals surface area contributed by atoms with Crippen molar-refractivity contribution in [1.29, 1.82) is 0 Å². The minimum absolute atomic E-state index is 0.00648. The lowest BCUT2D eigenvalue weighted by molar-refractivity contribution is 0.475. The monoisotopic (exact) mass is 202 g/mol. The van der Waals surface area contributed by atoms with E-state index in [1.54, 1.807) is 0 Å². The van der Waals surface area contributed by atoms with Gasteiger partial charge in [-0.3, -0.25) is 4.31 Å². The summed E-state index contributed by atoms with van der Waals surface area (Å²) in [6.07, 6.45) is 0. The first-order valence-corrected chi connectivity index (χ1v) is 4.97. The number of hydrogen-bond donors (Lipinski definition) is 2. The summed E-state index contributed by atoms with van der Waals surface area (Å²) in [7, 11) is -2.44. The molecule has 0 spiro atoms. The van der Waals surface area contributed by atoms with Crippen LogP contribution in [-0.4, -0.2) is 20.6 Å². The van der Waals surface area contributed by atoms with Gasteiger partial charge in [-0.15, -0.1) is 0 Å². The summed E-state index contributed by atoms with van der Waals surface area (Å²) >= 11 is 0. The maximum Gasteiger partial charge on any atom is 0.298 e. The zero-order chi connectivity index (χ0) is 10.1. The predicted molar refractivity (Wildman–Crippen MR) is 49.6 cm³/mol. The molecule has 1 aromatic carbocycles. The molecule has 1 rings (SSSR count). The highest BCUT2D eigenvalue weighted by atomic mass is 32.2. The van der Waals surface area contributed by atoms with Gasteiger partial charge in [0.2, 0.25) is 0 Å². The van der Waals surface area contributed by atoms with E-state index in [2.05, 4.69) is 0 Å². The van der Waals surface area contributed by atoms with Crippen molar-refractivity contribution < 1.29 is 13.5 Å². The third-order valence-corrected chi connectivity index (χ3v) is 2.55. The molecule has 3 N–H and O–H groups in total. The van der Waals surface area contributed by atoms with Crippen molar-refractivity contribution in [2.24, 2.45) is 5.14 Å². The SMILES string of the molecule is CN(c1cccc(O)c1)S(N)(=O)=O. The summed E-state index contributed by atoms with van der Waals surface area (Å²) in [4.78, 5) is 0. The second kappa shape index (κ2) is 3.23. The van der Waals surface area contributed by atoms with Gasteiger partial charge in [-0.05, 0) is 12.1 Å². The molecule has 13 heavy (non-hydrogen) atoms. The first-order chi connectivity index (χ1) is 5.91. The van der Waals surface area contributed by atoms with Crippen molar-refractivity contribution in [2.75, 3.05) is 11.4 Å². The van der Waals surface area contributed by atoms with E-state index >= 15 is 0 Å². The van der Waals surface area contributed by atoms with E-state index in [-0.39, 0.29) is 5.75 Å². The van der Waals surface area contributed by atoms with Gasteiger partial charge in [0.15, 0.2) is 0 Å². The number of anilines is 1. The van der Waals surface area contributed by atoms with Gasteiger partial charge in [0.25, 0.3) is 10.2 Å². The van der Waals surface area contributed by atoms with Gasteiger partial charge in [-0.1, -0.05) is 6.07 Å². The molecule has 0 heterocycles. The molecular formula is C7H10N2O3S. The Morgan fingerprint density at radius 1 is 1.46 bits per heavy atom. The number of aromatic hydroxyl groups is 1. The molecule has 0 aliphatic heterocycles. The second-order valence-corrected chi connectivity index (χ2v) is 4.11. The van der Waals surface area contributed by atoms with Crippen LogP contribution in [-0.2, 0) is 10.2 Å². The Morgan fingerprint density at radius 2 is 2.08 bits per heavy atom. The van der Waals surface area contributed by atoms with E-state index in [0.717, 1.165) is 4.31 Å². The fourth-order valence-electron chi connectivity index (χ4n) is 0.836. The Hall–Kier alpha value is -1.27.